The quantitative estimate of drug-likeness (QED) is 0.308. The molecule has 4 rings (SSSR count). The largest absolute Gasteiger partial charge is 0.459 e. The second-order valence-electron chi connectivity index (χ2n) is 9.44. The summed E-state index contributed by atoms with van der Waals surface area (Å²) in [6.45, 7) is 11.3. The number of pyridine rings is 1. The summed E-state index contributed by atoms with van der Waals surface area (Å²) in [6.07, 6.45) is 2.60. The lowest BCUT2D eigenvalue weighted by atomic mass is 10.1. The Kier molecular flexibility index (Phi) is 8.49. The highest BCUT2D eigenvalue weighted by Gasteiger charge is 2.31. The Morgan fingerprint density at radius 1 is 1.17 bits per heavy atom. The Morgan fingerprint density at radius 3 is 2.67 bits per heavy atom. The third-order valence-corrected chi connectivity index (χ3v) is 6.66. The number of rotatable bonds is 9. The van der Waals surface area contributed by atoms with E-state index in [-0.39, 0.29) is 12.1 Å². The van der Waals surface area contributed by atoms with E-state index in [1.807, 2.05) is 63.2 Å². The van der Waals surface area contributed by atoms with Gasteiger partial charge in [-0.2, -0.15) is 0 Å². The predicted molar refractivity (Wildman–Crippen MR) is 144 cm³/mol. The smallest absolute Gasteiger partial charge is 0.342 e. The predicted octanol–water partition coefficient (Wildman–Crippen LogP) is 6.50. The molecule has 1 aliphatic heterocycles. The maximum Gasteiger partial charge on any atom is 0.342 e. The van der Waals surface area contributed by atoms with E-state index in [0.717, 1.165) is 55.5 Å². The molecule has 36 heavy (non-hydrogen) atoms. The summed E-state index contributed by atoms with van der Waals surface area (Å²) in [5.41, 5.74) is 2.65. The zero-order chi connectivity index (χ0) is 25.7. The maximum absolute atomic E-state index is 12.8. The van der Waals surface area contributed by atoms with Crippen LogP contribution in [0.5, 0.6) is 11.5 Å². The van der Waals surface area contributed by atoms with Crippen molar-refractivity contribution in [2.45, 2.75) is 52.8 Å². The molecule has 1 unspecified atom stereocenters. The molecule has 0 bridgehead atoms. The molecule has 1 aromatic heterocycles. The first-order chi connectivity index (χ1) is 17.3. The van der Waals surface area contributed by atoms with Crippen LogP contribution in [-0.2, 0) is 11.3 Å². The summed E-state index contributed by atoms with van der Waals surface area (Å²) in [4.78, 5) is 22.1. The lowest BCUT2D eigenvalue weighted by Gasteiger charge is -2.28. The second-order valence-corrected chi connectivity index (χ2v) is 9.87. The number of halogens is 1. The summed E-state index contributed by atoms with van der Waals surface area (Å²) < 4.78 is 11.5. The molecular formula is C29H34ClN3O3. The van der Waals surface area contributed by atoms with Crippen LogP contribution < -0.4 is 9.64 Å². The van der Waals surface area contributed by atoms with Crippen LogP contribution in [-0.4, -0.2) is 47.6 Å². The summed E-state index contributed by atoms with van der Waals surface area (Å²) >= 11 is 5.98. The molecular weight excluding hydrogens is 474 g/mol. The van der Waals surface area contributed by atoms with Crippen molar-refractivity contribution in [1.82, 2.24) is 9.88 Å². The van der Waals surface area contributed by atoms with Crippen LogP contribution in [0.25, 0.3) is 0 Å². The number of hydrogen-bond acceptors (Lipinski definition) is 6. The Bertz CT molecular complexity index is 1180. The molecule has 0 amide bonds. The van der Waals surface area contributed by atoms with Crippen LogP contribution in [0.15, 0.2) is 60.8 Å². The Balaban J connectivity index is 1.45. The van der Waals surface area contributed by atoms with Gasteiger partial charge in [-0.1, -0.05) is 30.7 Å². The van der Waals surface area contributed by atoms with Gasteiger partial charge in [0, 0.05) is 36.9 Å². The fraction of sp³-hybridized carbons (Fsp3) is 0.379. The molecule has 1 aliphatic rings. The average Bonchev–Trinajstić information content (AvgIpc) is 3.33. The van der Waals surface area contributed by atoms with E-state index in [4.69, 9.17) is 21.1 Å². The molecule has 0 spiro atoms. The Hall–Kier alpha value is -3.09. The third-order valence-electron chi connectivity index (χ3n) is 6.41. The van der Waals surface area contributed by atoms with Crippen LogP contribution in [0.2, 0.25) is 5.02 Å². The molecule has 1 atom stereocenters. The van der Waals surface area contributed by atoms with Gasteiger partial charge in [-0.15, -0.1) is 0 Å². The van der Waals surface area contributed by atoms with Crippen LogP contribution in [0.1, 0.15) is 48.7 Å². The number of esters is 1. The summed E-state index contributed by atoms with van der Waals surface area (Å²) in [6, 6.07) is 17.8. The first-order valence-corrected chi connectivity index (χ1v) is 12.9. The Labute approximate surface area is 218 Å². The number of ether oxygens (including phenoxy) is 2. The monoisotopic (exact) mass is 507 g/mol. The van der Waals surface area contributed by atoms with Crippen molar-refractivity contribution >= 4 is 23.4 Å². The molecule has 3 aromatic rings. The van der Waals surface area contributed by atoms with Crippen LogP contribution >= 0.6 is 11.6 Å². The minimum atomic E-state index is -0.307. The van der Waals surface area contributed by atoms with Gasteiger partial charge in [0.25, 0.3) is 0 Å². The van der Waals surface area contributed by atoms with E-state index in [1.165, 1.54) is 5.56 Å². The molecule has 0 radical (unpaired) electrons. The molecule has 7 heteroatoms. The number of carbonyl (C=O) groups excluding carboxylic acids is 1. The highest BCUT2D eigenvalue weighted by molar-refractivity contribution is 6.30. The van der Waals surface area contributed by atoms with Gasteiger partial charge >= 0.3 is 5.97 Å². The fourth-order valence-corrected chi connectivity index (χ4v) is 4.75. The molecule has 190 valence electrons. The number of nitrogens with zero attached hydrogens (tertiary/aromatic N) is 3. The number of hydrogen-bond donors (Lipinski definition) is 0. The number of benzene rings is 2. The molecule has 0 N–H and O–H groups in total. The van der Waals surface area contributed by atoms with Crippen molar-refractivity contribution in [2.24, 2.45) is 0 Å². The Morgan fingerprint density at radius 2 is 1.94 bits per heavy atom. The van der Waals surface area contributed by atoms with Crippen molar-refractivity contribution in [1.29, 1.82) is 0 Å². The fourth-order valence-electron chi connectivity index (χ4n) is 4.62. The van der Waals surface area contributed by atoms with Crippen LogP contribution in [0.3, 0.4) is 0 Å². The molecule has 1 saturated heterocycles. The topological polar surface area (TPSA) is 54.9 Å². The number of aromatic nitrogens is 1. The van der Waals surface area contributed by atoms with Gasteiger partial charge < -0.3 is 14.4 Å². The minimum Gasteiger partial charge on any atom is -0.459 e. The van der Waals surface area contributed by atoms with Gasteiger partial charge in [0.1, 0.15) is 22.9 Å². The SMILES string of the molecule is CCN(Cc1cccc(Oc2ccc(Cl)cc2)c1)C1CCN(c2nccc(C)c2C(=O)OC(C)C)C1. The molecule has 6 nitrogen and oxygen atoms in total. The van der Waals surface area contributed by atoms with Crippen molar-refractivity contribution in [3.05, 3.63) is 82.5 Å². The lowest BCUT2D eigenvalue weighted by molar-refractivity contribution is 0.0377. The standard InChI is InChI=1S/C29H34ClN3O3/c1-5-32(18-22-7-6-8-26(17-22)36-25-11-9-23(30)10-12-25)24-14-16-33(19-24)28-27(21(4)13-15-31-28)29(34)35-20(2)3/h6-13,15,17,20,24H,5,14,16,18-19H2,1-4H3. The van der Waals surface area contributed by atoms with Gasteiger partial charge in [0.05, 0.1) is 6.10 Å². The molecule has 0 aliphatic carbocycles. The number of carbonyl (C=O) groups is 1. The first kappa shape index (κ1) is 26.0. The highest BCUT2D eigenvalue weighted by atomic mass is 35.5. The molecule has 1 fully saturated rings. The van der Waals surface area contributed by atoms with Gasteiger partial charge in [-0.3, -0.25) is 4.90 Å². The van der Waals surface area contributed by atoms with Crippen LogP contribution in [0, 0.1) is 6.92 Å². The van der Waals surface area contributed by atoms with Crippen molar-refractivity contribution in [3.63, 3.8) is 0 Å². The summed E-state index contributed by atoms with van der Waals surface area (Å²) in [5, 5.41) is 0.685. The number of aryl methyl sites for hydroxylation is 1. The third kappa shape index (κ3) is 6.37. The van der Waals surface area contributed by atoms with Crippen molar-refractivity contribution in [2.75, 3.05) is 24.5 Å². The second kappa shape index (κ2) is 11.8. The van der Waals surface area contributed by atoms with E-state index in [1.54, 1.807) is 6.20 Å². The van der Waals surface area contributed by atoms with Gasteiger partial charge in [-0.25, -0.2) is 9.78 Å². The van der Waals surface area contributed by atoms with Gasteiger partial charge in [-0.05, 0) is 87.3 Å². The van der Waals surface area contributed by atoms with E-state index in [9.17, 15) is 4.79 Å². The number of likely N-dealkylation sites (N-methyl/N-ethyl adjacent to an activating group) is 1. The highest BCUT2D eigenvalue weighted by Crippen LogP contribution is 2.29. The van der Waals surface area contributed by atoms with Gasteiger partial charge in [0.2, 0.25) is 0 Å². The zero-order valence-corrected chi connectivity index (χ0v) is 22.2. The van der Waals surface area contributed by atoms with Crippen molar-refractivity contribution in [3.8, 4) is 11.5 Å². The van der Waals surface area contributed by atoms with E-state index >= 15 is 0 Å². The normalized spacial score (nSPS) is 15.5. The average molecular weight is 508 g/mol. The maximum atomic E-state index is 12.8. The first-order valence-electron chi connectivity index (χ1n) is 12.5. The number of anilines is 1. The molecule has 2 aromatic carbocycles. The van der Waals surface area contributed by atoms with Crippen LogP contribution in [0.4, 0.5) is 5.82 Å². The van der Waals surface area contributed by atoms with E-state index in [2.05, 4.69) is 33.8 Å². The molecule has 0 saturated carbocycles. The lowest BCUT2D eigenvalue weighted by Crippen LogP contribution is -2.37. The van der Waals surface area contributed by atoms with Gasteiger partial charge in [0.15, 0.2) is 0 Å². The minimum absolute atomic E-state index is 0.175. The van der Waals surface area contributed by atoms with E-state index < -0.39 is 0 Å². The summed E-state index contributed by atoms with van der Waals surface area (Å²) in [7, 11) is 0. The molecule has 2 heterocycles. The van der Waals surface area contributed by atoms with E-state index in [0.29, 0.717) is 16.6 Å². The van der Waals surface area contributed by atoms with Crippen molar-refractivity contribution < 1.29 is 14.3 Å². The zero-order valence-electron chi connectivity index (χ0n) is 21.4. The summed E-state index contributed by atoms with van der Waals surface area (Å²) in [5.74, 6) is 1.97.